The van der Waals surface area contributed by atoms with Crippen molar-refractivity contribution in [3.8, 4) is 17.6 Å². The van der Waals surface area contributed by atoms with Gasteiger partial charge in [-0.3, -0.25) is 4.79 Å². The van der Waals surface area contributed by atoms with E-state index in [4.69, 9.17) is 9.15 Å². The van der Waals surface area contributed by atoms with Crippen molar-refractivity contribution in [1.82, 2.24) is 5.32 Å². The minimum Gasteiger partial charge on any atom is -0.497 e. The highest BCUT2D eigenvalue weighted by Crippen LogP contribution is 2.12. The van der Waals surface area contributed by atoms with Crippen LogP contribution in [0, 0.1) is 11.8 Å². The van der Waals surface area contributed by atoms with Gasteiger partial charge in [0.1, 0.15) is 16.9 Å². The topological polar surface area (TPSA) is 68.5 Å². The Balaban J connectivity index is 1.68. The first kappa shape index (κ1) is 16.3. The molecule has 25 heavy (non-hydrogen) atoms. The van der Waals surface area contributed by atoms with Crippen molar-refractivity contribution < 1.29 is 13.9 Å². The van der Waals surface area contributed by atoms with Crippen LogP contribution in [0.5, 0.6) is 5.75 Å². The van der Waals surface area contributed by atoms with E-state index in [2.05, 4.69) is 17.2 Å². The molecule has 2 aromatic carbocycles. The van der Waals surface area contributed by atoms with E-state index in [0.29, 0.717) is 11.0 Å². The molecule has 0 aliphatic rings. The van der Waals surface area contributed by atoms with Crippen molar-refractivity contribution in [2.24, 2.45) is 0 Å². The molecule has 5 nitrogen and oxygen atoms in total. The van der Waals surface area contributed by atoms with E-state index in [1.54, 1.807) is 25.3 Å². The third-order valence-corrected chi connectivity index (χ3v) is 3.55. The van der Waals surface area contributed by atoms with Crippen molar-refractivity contribution in [2.75, 3.05) is 13.7 Å². The molecule has 1 amide bonds. The second kappa shape index (κ2) is 7.37. The van der Waals surface area contributed by atoms with Crippen LogP contribution in [-0.4, -0.2) is 19.6 Å². The Morgan fingerprint density at radius 1 is 1.16 bits per heavy atom. The van der Waals surface area contributed by atoms with Crippen LogP contribution >= 0.6 is 0 Å². The largest absolute Gasteiger partial charge is 0.497 e. The van der Waals surface area contributed by atoms with E-state index in [1.165, 1.54) is 6.07 Å². The molecule has 0 saturated heterocycles. The van der Waals surface area contributed by atoms with Gasteiger partial charge in [-0.1, -0.05) is 30.0 Å². The van der Waals surface area contributed by atoms with Crippen LogP contribution in [0.15, 0.2) is 63.8 Å². The normalized spacial score (nSPS) is 9.96. The number of nitrogens with one attached hydrogen (secondary N) is 1. The maximum absolute atomic E-state index is 12.1. The third-order valence-electron chi connectivity index (χ3n) is 3.55. The predicted molar refractivity (Wildman–Crippen MR) is 94.7 cm³/mol. The van der Waals surface area contributed by atoms with E-state index in [1.807, 2.05) is 30.3 Å². The van der Waals surface area contributed by atoms with Crippen LogP contribution in [-0.2, 0) is 0 Å². The number of rotatable bonds is 3. The number of fused-ring (bicyclic) bond motifs is 1. The number of benzene rings is 2. The SMILES string of the molecule is COc1ccc(C#CCNC(=O)c2cc3ccccc3oc2=O)cc1. The average molecular weight is 333 g/mol. The maximum Gasteiger partial charge on any atom is 0.349 e. The summed E-state index contributed by atoms with van der Waals surface area (Å²) in [6, 6.07) is 15.8. The fraction of sp³-hybridized carbons (Fsp3) is 0.100. The molecule has 3 aromatic rings. The summed E-state index contributed by atoms with van der Waals surface area (Å²) >= 11 is 0. The molecule has 5 heteroatoms. The van der Waals surface area contributed by atoms with Gasteiger partial charge < -0.3 is 14.5 Å². The lowest BCUT2D eigenvalue weighted by Crippen LogP contribution is -2.28. The van der Waals surface area contributed by atoms with Gasteiger partial charge in [0.25, 0.3) is 5.91 Å². The molecule has 1 N–H and O–H groups in total. The molecule has 0 fully saturated rings. The maximum atomic E-state index is 12.1. The van der Waals surface area contributed by atoms with Gasteiger partial charge in [-0.15, -0.1) is 0 Å². The lowest BCUT2D eigenvalue weighted by atomic mass is 10.2. The van der Waals surface area contributed by atoms with Crippen LogP contribution in [0.25, 0.3) is 11.0 Å². The van der Waals surface area contributed by atoms with Gasteiger partial charge in [-0.25, -0.2) is 4.79 Å². The molecular weight excluding hydrogens is 318 g/mol. The second-order valence-electron chi connectivity index (χ2n) is 5.20. The summed E-state index contributed by atoms with van der Waals surface area (Å²) in [6.45, 7) is 0.122. The van der Waals surface area contributed by atoms with Gasteiger partial charge in [0.05, 0.1) is 13.7 Å². The molecule has 0 saturated carbocycles. The Kier molecular flexibility index (Phi) is 4.82. The first-order valence-corrected chi connectivity index (χ1v) is 7.61. The number of hydrogen-bond donors (Lipinski definition) is 1. The zero-order valence-corrected chi connectivity index (χ0v) is 13.5. The van der Waals surface area contributed by atoms with Crippen molar-refractivity contribution in [1.29, 1.82) is 0 Å². The zero-order chi connectivity index (χ0) is 17.6. The first-order chi connectivity index (χ1) is 12.2. The summed E-state index contributed by atoms with van der Waals surface area (Å²) in [5.74, 6) is 6.01. The fourth-order valence-electron chi connectivity index (χ4n) is 2.26. The average Bonchev–Trinajstić information content (AvgIpc) is 2.65. The van der Waals surface area contributed by atoms with E-state index in [9.17, 15) is 9.59 Å². The molecule has 1 heterocycles. The minimum absolute atomic E-state index is 0.0371. The van der Waals surface area contributed by atoms with Crippen molar-refractivity contribution in [3.05, 3.63) is 76.1 Å². The predicted octanol–water partition coefficient (Wildman–Crippen LogP) is 2.58. The highest BCUT2D eigenvalue weighted by Gasteiger charge is 2.12. The van der Waals surface area contributed by atoms with Gasteiger partial charge in [-0.05, 0) is 36.4 Å². The van der Waals surface area contributed by atoms with Crippen molar-refractivity contribution in [2.45, 2.75) is 0 Å². The van der Waals surface area contributed by atoms with Crippen LogP contribution in [0.4, 0.5) is 0 Å². The van der Waals surface area contributed by atoms with Gasteiger partial charge in [0, 0.05) is 10.9 Å². The van der Waals surface area contributed by atoms with Crippen LogP contribution in [0.1, 0.15) is 15.9 Å². The molecular formula is C20H15NO4. The molecule has 3 rings (SSSR count). The summed E-state index contributed by atoms with van der Waals surface area (Å²) in [6.07, 6.45) is 0. The first-order valence-electron chi connectivity index (χ1n) is 7.61. The van der Waals surface area contributed by atoms with Gasteiger partial charge in [0.2, 0.25) is 0 Å². The lowest BCUT2D eigenvalue weighted by molar-refractivity contribution is 0.0955. The fourth-order valence-corrected chi connectivity index (χ4v) is 2.26. The summed E-state index contributed by atoms with van der Waals surface area (Å²) in [5, 5.41) is 3.29. The summed E-state index contributed by atoms with van der Waals surface area (Å²) in [7, 11) is 1.60. The molecule has 0 spiro atoms. The molecule has 0 atom stereocenters. The number of para-hydroxylation sites is 1. The van der Waals surface area contributed by atoms with E-state index in [-0.39, 0.29) is 12.1 Å². The monoisotopic (exact) mass is 333 g/mol. The molecule has 0 unspecified atom stereocenters. The minimum atomic E-state index is -0.667. The molecule has 0 aliphatic carbocycles. The summed E-state index contributed by atoms with van der Waals surface area (Å²) < 4.78 is 10.2. The van der Waals surface area contributed by atoms with Crippen LogP contribution in [0.3, 0.4) is 0 Å². The molecule has 0 bridgehead atoms. The molecule has 0 radical (unpaired) electrons. The number of amides is 1. The van der Waals surface area contributed by atoms with Crippen LogP contribution in [0.2, 0.25) is 0 Å². The Labute approximate surface area is 144 Å². The van der Waals surface area contributed by atoms with E-state index in [0.717, 1.165) is 11.3 Å². The van der Waals surface area contributed by atoms with Gasteiger partial charge in [0.15, 0.2) is 0 Å². The van der Waals surface area contributed by atoms with Gasteiger partial charge in [-0.2, -0.15) is 0 Å². The smallest absolute Gasteiger partial charge is 0.349 e. The molecule has 1 aromatic heterocycles. The number of carbonyl (C=O) groups excluding carboxylic acids is 1. The van der Waals surface area contributed by atoms with E-state index >= 15 is 0 Å². The van der Waals surface area contributed by atoms with Gasteiger partial charge >= 0.3 is 5.63 Å². The quantitative estimate of drug-likeness (QED) is 0.591. The Morgan fingerprint density at radius 3 is 2.68 bits per heavy atom. The van der Waals surface area contributed by atoms with E-state index < -0.39 is 11.5 Å². The summed E-state index contributed by atoms with van der Waals surface area (Å²) in [5.41, 5.74) is 0.549. The van der Waals surface area contributed by atoms with Crippen molar-refractivity contribution in [3.63, 3.8) is 0 Å². The Morgan fingerprint density at radius 2 is 1.92 bits per heavy atom. The number of hydrogen-bond acceptors (Lipinski definition) is 4. The zero-order valence-electron chi connectivity index (χ0n) is 13.5. The van der Waals surface area contributed by atoms with Crippen molar-refractivity contribution >= 4 is 16.9 Å². The second-order valence-corrected chi connectivity index (χ2v) is 5.20. The molecule has 124 valence electrons. The highest BCUT2D eigenvalue weighted by molar-refractivity contribution is 5.96. The Bertz CT molecular complexity index is 1020. The third kappa shape index (κ3) is 3.88. The highest BCUT2D eigenvalue weighted by atomic mass is 16.5. The number of ether oxygens (including phenoxy) is 1. The Hall–Kier alpha value is -3.52. The van der Waals surface area contributed by atoms with Crippen LogP contribution < -0.4 is 15.7 Å². The molecule has 0 aliphatic heterocycles. The lowest BCUT2D eigenvalue weighted by Gasteiger charge is -2.02. The summed E-state index contributed by atoms with van der Waals surface area (Å²) in [4.78, 5) is 24.1. The number of methoxy groups -OCH3 is 1. The number of carbonyl (C=O) groups is 1. The standard InChI is InChI=1S/C20H15NO4/c1-24-16-10-8-14(9-11-16)5-4-12-21-19(22)17-13-15-6-2-3-7-18(15)25-20(17)23/h2-3,6-11,13H,12H2,1H3,(H,21,22).